The van der Waals surface area contributed by atoms with Crippen LogP contribution >= 0.6 is 0 Å². The highest BCUT2D eigenvalue weighted by molar-refractivity contribution is 5.10. The zero-order chi connectivity index (χ0) is 9.19. The smallest absolute Gasteiger partial charge is 0.0769 e. The summed E-state index contributed by atoms with van der Waals surface area (Å²) in [5.41, 5.74) is -0.204. The predicted octanol–water partition coefficient (Wildman–Crippen LogP) is 0.855. The second kappa shape index (κ2) is 3.47. The summed E-state index contributed by atoms with van der Waals surface area (Å²) >= 11 is 0. The molecule has 2 heteroatoms. The van der Waals surface area contributed by atoms with E-state index in [1.165, 1.54) is 0 Å². The number of terminal acetylenes is 1. The zero-order valence-electron chi connectivity index (χ0n) is 7.88. The van der Waals surface area contributed by atoms with Crippen molar-refractivity contribution in [2.75, 3.05) is 13.2 Å². The largest absolute Gasteiger partial charge is 0.395 e. The fourth-order valence-corrected chi connectivity index (χ4v) is 1.84. The number of rotatable bonds is 2. The summed E-state index contributed by atoms with van der Waals surface area (Å²) in [5, 5.41) is 9.09. The fraction of sp³-hybridized carbons (Fsp3) is 0.800. The first-order chi connectivity index (χ1) is 5.61. The van der Waals surface area contributed by atoms with Crippen molar-refractivity contribution in [3.63, 3.8) is 0 Å². The van der Waals surface area contributed by atoms with Gasteiger partial charge in [0, 0.05) is 12.6 Å². The molecule has 1 heterocycles. The summed E-state index contributed by atoms with van der Waals surface area (Å²) in [6.07, 6.45) is 7.65. The van der Waals surface area contributed by atoms with Crippen molar-refractivity contribution in [3.05, 3.63) is 0 Å². The van der Waals surface area contributed by atoms with Crippen LogP contribution in [0.25, 0.3) is 0 Å². The molecular formula is C10H17NO. The van der Waals surface area contributed by atoms with Crippen LogP contribution in [0.15, 0.2) is 0 Å². The van der Waals surface area contributed by atoms with E-state index in [-0.39, 0.29) is 18.2 Å². The molecule has 1 N–H and O–H groups in total. The lowest BCUT2D eigenvalue weighted by molar-refractivity contribution is 0.102. The third-order valence-electron chi connectivity index (χ3n) is 2.66. The van der Waals surface area contributed by atoms with Gasteiger partial charge < -0.3 is 5.11 Å². The maximum absolute atomic E-state index is 9.09. The first-order valence-electron chi connectivity index (χ1n) is 4.47. The Kier molecular flexibility index (Phi) is 2.76. The normalized spacial score (nSPS) is 25.7. The van der Waals surface area contributed by atoms with Crippen LogP contribution in [-0.4, -0.2) is 34.7 Å². The van der Waals surface area contributed by atoms with Crippen molar-refractivity contribution in [2.45, 2.75) is 38.3 Å². The van der Waals surface area contributed by atoms with Gasteiger partial charge in [0.15, 0.2) is 0 Å². The Bertz CT molecular complexity index is 193. The molecule has 0 aromatic heterocycles. The molecule has 1 aliphatic rings. The predicted molar refractivity (Wildman–Crippen MR) is 49.7 cm³/mol. The molecule has 2 nitrogen and oxygen atoms in total. The average molecular weight is 167 g/mol. The highest BCUT2D eigenvalue weighted by Crippen LogP contribution is 2.25. The summed E-state index contributed by atoms with van der Waals surface area (Å²) in [4.78, 5) is 2.22. The molecule has 0 aliphatic carbocycles. The SMILES string of the molecule is C#CC(C)(C)N1CCCC1CO. The van der Waals surface area contributed by atoms with Gasteiger partial charge in [0.2, 0.25) is 0 Å². The standard InChI is InChI=1S/C10H17NO/c1-4-10(2,3)11-7-5-6-9(11)8-12/h1,9,12H,5-8H2,2-3H3. The second-order valence-corrected chi connectivity index (χ2v) is 3.88. The maximum atomic E-state index is 9.09. The zero-order valence-corrected chi connectivity index (χ0v) is 7.88. The third-order valence-corrected chi connectivity index (χ3v) is 2.66. The summed E-state index contributed by atoms with van der Waals surface area (Å²) in [6, 6.07) is 0.274. The first kappa shape index (κ1) is 9.57. The monoisotopic (exact) mass is 167 g/mol. The minimum absolute atomic E-state index is 0.204. The lowest BCUT2D eigenvalue weighted by Crippen LogP contribution is -2.47. The summed E-state index contributed by atoms with van der Waals surface area (Å²) in [7, 11) is 0. The van der Waals surface area contributed by atoms with Crippen molar-refractivity contribution < 1.29 is 5.11 Å². The number of aliphatic hydroxyl groups excluding tert-OH is 1. The van der Waals surface area contributed by atoms with Gasteiger partial charge in [-0.3, -0.25) is 4.90 Å². The van der Waals surface area contributed by atoms with Gasteiger partial charge in [0.1, 0.15) is 0 Å². The molecule has 0 spiro atoms. The minimum Gasteiger partial charge on any atom is -0.395 e. The number of likely N-dealkylation sites (tertiary alicyclic amines) is 1. The van der Waals surface area contributed by atoms with Crippen LogP contribution in [0.1, 0.15) is 26.7 Å². The lowest BCUT2D eigenvalue weighted by Gasteiger charge is -2.35. The van der Waals surface area contributed by atoms with E-state index in [1.54, 1.807) is 0 Å². The van der Waals surface area contributed by atoms with Gasteiger partial charge >= 0.3 is 0 Å². The van der Waals surface area contributed by atoms with Crippen LogP contribution in [-0.2, 0) is 0 Å². The van der Waals surface area contributed by atoms with Gasteiger partial charge in [-0.15, -0.1) is 6.42 Å². The quantitative estimate of drug-likeness (QED) is 0.616. The molecule has 1 fully saturated rings. The minimum atomic E-state index is -0.204. The van der Waals surface area contributed by atoms with E-state index < -0.39 is 0 Å². The van der Waals surface area contributed by atoms with E-state index in [2.05, 4.69) is 10.8 Å². The van der Waals surface area contributed by atoms with Gasteiger partial charge in [-0.25, -0.2) is 0 Å². The Morgan fingerprint density at radius 2 is 2.33 bits per heavy atom. The van der Waals surface area contributed by atoms with Crippen LogP contribution in [0, 0.1) is 12.3 Å². The average Bonchev–Trinajstić information content (AvgIpc) is 2.52. The molecule has 12 heavy (non-hydrogen) atoms. The molecular weight excluding hydrogens is 150 g/mol. The first-order valence-corrected chi connectivity index (χ1v) is 4.47. The van der Waals surface area contributed by atoms with Crippen molar-refractivity contribution in [1.29, 1.82) is 0 Å². The second-order valence-electron chi connectivity index (χ2n) is 3.88. The Morgan fingerprint density at radius 1 is 1.67 bits per heavy atom. The van der Waals surface area contributed by atoms with Crippen molar-refractivity contribution in [3.8, 4) is 12.3 Å². The van der Waals surface area contributed by atoms with Gasteiger partial charge in [0.25, 0.3) is 0 Å². The molecule has 0 amide bonds. The van der Waals surface area contributed by atoms with Crippen LogP contribution in [0.2, 0.25) is 0 Å². The van der Waals surface area contributed by atoms with Gasteiger partial charge in [-0.2, -0.15) is 0 Å². The van der Waals surface area contributed by atoms with Gasteiger partial charge in [0.05, 0.1) is 12.1 Å². The Morgan fingerprint density at radius 3 is 2.83 bits per heavy atom. The van der Waals surface area contributed by atoms with Crippen molar-refractivity contribution >= 4 is 0 Å². The molecule has 1 aliphatic heterocycles. The summed E-state index contributed by atoms with van der Waals surface area (Å²) < 4.78 is 0. The molecule has 1 rings (SSSR count). The van der Waals surface area contributed by atoms with Gasteiger partial charge in [-0.05, 0) is 26.7 Å². The Labute approximate surface area is 74.6 Å². The molecule has 1 saturated heterocycles. The molecule has 68 valence electrons. The number of nitrogens with zero attached hydrogens (tertiary/aromatic N) is 1. The highest BCUT2D eigenvalue weighted by Gasteiger charge is 2.33. The van der Waals surface area contributed by atoms with Crippen LogP contribution < -0.4 is 0 Å². The molecule has 1 unspecified atom stereocenters. The molecule has 0 aromatic carbocycles. The highest BCUT2D eigenvalue weighted by atomic mass is 16.3. The molecule has 0 bridgehead atoms. The van der Waals surface area contributed by atoms with E-state index in [4.69, 9.17) is 11.5 Å². The Hall–Kier alpha value is -0.520. The summed E-state index contributed by atoms with van der Waals surface area (Å²) in [5.74, 6) is 2.76. The number of hydrogen-bond donors (Lipinski definition) is 1. The molecule has 0 aromatic rings. The van der Waals surface area contributed by atoms with E-state index in [0.29, 0.717) is 0 Å². The van der Waals surface area contributed by atoms with E-state index in [0.717, 1.165) is 19.4 Å². The Balaban J connectivity index is 2.68. The number of aliphatic hydroxyl groups is 1. The lowest BCUT2D eigenvalue weighted by atomic mass is 10.0. The van der Waals surface area contributed by atoms with Crippen LogP contribution in [0.4, 0.5) is 0 Å². The third kappa shape index (κ3) is 1.63. The topological polar surface area (TPSA) is 23.5 Å². The van der Waals surface area contributed by atoms with Gasteiger partial charge in [-0.1, -0.05) is 5.92 Å². The summed E-state index contributed by atoms with van der Waals surface area (Å²) in [6.45, 7) is 5.30. The van der Waals surface area contributed by atoms with E-state index >= 15 is 0 Å². The van der Waals surface area contributed by atoms with Crippen LogP contribution in [0.5, 0.6) is 0 Å². The molecule has 1 atom stereocenters. The molecule has 0 radical (unpaired) electrons. The number of hydrogen-bond acceptors (Lipinski definition) is 2. The van der Waals surface area contributed by atoms with E-state index in [1.807, 2.05) is 13.8 Å². The van der Waals surface area contributed by atoms with Crippen LogP contribution in [0.3, 0.4) is 0 Å². The van der Waals surface area contributed by atoms with E-state index in [9.17, 15) is 0 Å². The molecule has 0 saturated carbocycles. The van der Waals surface area contributed by atoms with Crippen molar-refractivity contribution in [2.24, 2.45) is 0 Å². The fourth-order valence-electron chi connectivity index (χ4n) is 1.84. The maximum Gasteiger partial charge on any atom is 0.0769 e. The van der Waals surface area contributed by atoms with Crippen molar-refractivity contribution in [1.82, 2.24) is 4.90 Å².